The van der Waals surface area contributed by atoms with E-state index in [1.807, 2.05) is 0 Å². The third kappa shape index (κ3) is 1.50. The lowest BCUT2D eigenvalue weighted by molar-refractivity contribution is 0.0695. The lowest BCUT2D eigenvalue weighted by atomic mass is 10.2. The minimum Gasteiger partial charge on any atom is -0.478 e. The van der Waals surface area contributed by atoms with Crippen LogP contribution in [0.25, 0.3) is 0 Å². The van der Waals surface area contributed by atoms with Crippen LogP contribution in [0.3, 0.4) is 0 Å². The fourth-order valence-corrected chi connectivity index (χ4v) is 1.62. The quantitative estimate of drug-likeness (QED) is 0.733. The second-order valence-electron chi connectivity index (χ2n) is 3.47. The molecule has 1 aromatic rings. The molecule has 1 aliphatic rings. The standard InChI is InChI=1S/C9H12N2O3/c12-4-3-11-8(6-1-2-6)7(5-10-11)9(13)14/h5-6,12H,1-4H2,(H,13,14). The summed E-state index contributed by atoms with van der Waals surface area (Å²) < 4.78 is 1.60. The summed E-state index contributed by atoms with van der Waals surface area (Å²) in [6, 6.07) is 0. The van der Waals surface area contributed by atoms with Gasteiger partial charge in [-0.15, -0.1) is 0 Å². The van der Waals surface area contributed by atoms with Gasteiger partial charge < -0.3 is 10.2 Å². The van der Waals surface area contributed by atoms with Crippen molar-refractivity contribution in [3.05, 3.63) is 17.5 Å². The van der Waals surface area contributed by atoms with Crippen LogP contribution in [0.5, 0.6) is 0 Å². The van der Waals surface area contributed by atoms with Crippen molar-refractivity contribution in [3.63, 3.8) is 0 Å². The highest BCUT2D eigenvalue weighted by Gasteiger charge is 2.32. The Morgan fingerprint density at radius 1 is 1.64 bits per heavy atom. The average Bonchev–Trinajstić information content (AvgIpc) is 2.88. The van der Waals surface area contributed by atoms with Crippen molar-refractivity contribution >= 4 is 5.97 Å². The number of aromatic nitrogens is 2. The van der Waals surface area contributed by atoms with Crippen molar-refractivity contribution in [1.82, 2.24) is 9.78 Å². The zero-order valence-corrected chi connectivity index (χ0v) is 7.68. The maximum atomic E-state index is 10.9. The highest BCUT2D eigenvalue weighted by atomic mass is 16.4. The Balaban J connectivity index is 2.36. The lowest BCUT2D eigenvalue weighted by Crippen LogP contribution is -2.09. The van der Waals surface area contributed by atoms with Gasteiger partial charge in [-0.1, -0.05) is 0 Å². The number of aromatic carboxylic acids is 1. The van der Waals surface area contributed by atoms with E-state index in [0.717, 1.165) is 18.5 Å². The summed E-state index contributed by atoms with van der Waals surface area (Å²) in [6.45, 7) is 0.361. The number of nitrogens with zero attached hydrogens (tertiary/aromatic N) is 2. The minimum absolute atomic E-state index is 0.0134. The molecule has 0 aromatic carbocycles. The summed E-state index contributed by atoms with van der Waals surface area (Å²) in [7, 11) is 0. The number of hydrogen-bond acceptors (Lipinski definition) is 3. The van der Waals surface area contributed by atoms with Crippen LogP contribution in [-0.4, -0.2) is 32.6 Å². The van der Waals surface area contributed by atoms with E-state index in [4.69, 9.17) is 10.2 Å². The van der Waals surface area contributed by atoms with Crippen LogP contribution >= 0.6 is 0 Å². The van der Waals surface area contributed by atoms with E-state index in [-0.39, 0.29) is 12.2 Å². The average molecular weight is 196 g/mol. The van der Waals surface area contributed by atoms with Crippen molar-refractivity contribution in [2.75, 3.05) is 6.61 Å². The van der Waals surface area contributed by atoms with Gasteiger partial charge in [0.25, 0.3) is 0 Å². The van der Waals surface area contributed by atoms with Crippen LogP contribution in [0.1, 0.15) is 34.8 Å². The summed E-state index contributed by atoms with van der Waals surface area (Å²) in [6.07, 6.45) is 3.42. The molecule has 1 aliphatic carbocycles. The Morgan fingerprint density at radius 2 is 2.36 bits per heavy atom. The summed E-state index contributed by atoms with van der Waals surface area (Å²) in [4.78, 5) is 10.9. The van der Waals surface area contributed by atoms with E-state index in [9.17, 15) is 4.79 Å². The molecule has 2 N–H and O–H groups in total. The first-order valence-electron chi connectivity index (χ1n) is 4.64. The number of aliphatic hydroxyl groups is 1. The molecule has 0 saturated heterocycles. The number of rotatable bonds is 4. The molecule has 14 heavy (non-hydrogen) atoms. The molecule has 0 atom stereocenters. The third-order valence-corrected chi connectivity index (χ3v) is 2.39. The fourth-order valence-electron chi connectivity index (χ4n) is 1.62. The lowest BCUT2D eigenvalue weighted by Gasteiger charge is -2.04. The van der Waals surface area contributed by atoms with Crippen LogP contribution in [0.15, 0.2) is 6.20 Å². The molecule has 0 radical (unpaired) electrons. The molecule has 0 unspecified atom stereocenters. The Labute approximate surface area is 81.0 Å². The number of hydrogen-bond donors (Lipinski definition) is 2. The van der Waals surface area contributed by atoms with Crippen LogP contribution in [0.4, 0.5) is 0 Å². The van der Waals surface area contributed by atoms with E-state index in [1.165, 1.54) is 6.20 Å². The number of carboxylic acid groups (broad SMARTS) is 1. The first-order valence-corrected chi connectivity index (χ1v) is 4.64. The molecule has 0 spiro atoms. The van der Waals surface area contributed by atoms with Crippen LogP contribution in [0.2, 0.25) is 0 Å². The zero-order valence-electron chi connectivity index (χ0n) is 7.68. The van der Waals surface area contributed by atoms with Crippen molar-refractivity contribution in [2.45, 2.75) is 25.3 Å². The Kier molecular flexibility index (Phi) is 2.25. The first-order chi connectivity index (χ1) is 6.74. The van der Waals surface area contributed by atoms with Gasteiger partial charge in [-0.05, 0) is 12.8 Å². The molecule has 0 bridgehead atoms. The van der Waals surface area contributed by atoms with Crippen molar-refractivity contribution in [3.8, 4) is 0 Å². The van der Waals surface area contributed by atoms with Crippen LogP contribution < -0.4 is 0 Å². The summed E-state index contributed by atoms with van der Waals surface area (Å²) in [5, 5.41) is 21.7. The van der Waals surface area contributed by atoms with Crippen molar-refractivity contribution < 1.29 is 15.0 Å². The van der Waals surface area contributed by atoms with Crippen LogP contribution in [0, 0.1) is 0 Å². The van der Waals surface area contributed by atoms with E-state index >= 15 is 0 Å². The molecule has 5 heteroatoms. The Morgan fingerprint density at radius 3 is 2.86 bits per heavy atom. The largest absolute Gasteiger partial charge is 0.478 e. The first kappa shape index (κ1) is 9.21. The molecule has 0 amide bonds. The highest BCUT2D eigenvalue weighted by Crippen LogP contribution is 2.41. The molecular formula is C9H12N2O3. The second-order valence-corrected chi connectivity index (χ2v) is 3.47. The van der Waals surface area contributed by atoms with Crippen LogP contribution in [-0.2, 0) is 6.54 Å². The monoisotopic (exact) mass is 196 g/mol. The third-order valence-electron chi connectivity index (χ3n) is 2.39. The Bertz CT molecular complexity index is 355. The molecule has 1 heterocycles. The molecule has 2 rings (SSSR count). The van der Waals surface area contributed by atoms with Gasteiger partial charge in [0.05, 0.1) is 25.0 Å². The number of carbonyl (C=O) groups is 1. The predicted molar refractivity (Wildman–Crippen MR) is 48.2 cm³/mol. The Hall–Kier alpha value is -1.36. The SMILES string of the molecule is O=C(O)c1cnn(CCO)c1C1CC1. The maximum absolute atomic E-state index is 10.9. The molecule has 76 valence electrons. The minimum atomic E-state index is -0.934. The van der Waals surface area contributed by atoms with Gasteiger partial charge in [0, 0.05) is 5.92 Å². The second kappa shape index (κ2) is 3.42. The normalized spacial score (nSPS) is 15.8. The van der Waals surface area contributed by atoms with E-state index < -0.39 is 5.97 Å². The van der Waals surface area contributed by atoms with Gasteiger partial charge in [0.15, 0.2) is 0 Å². The summed E-state index contributed by atoms with van der Waals surface area (Å²) in [5.74, 6) is -0.605. The van der Waals surface area contributed by atoms with E-state index in [1.54, 1.807) is 4.68 Å². The smallest absolute Gasteiger partial charge is 0.339 e. The molecule has 1 fully saturated rings. The number of carboxylic acids is 1. The zero-order chi connectivity index (χ0) is 10.1. The molecular weight excluding hydrogens is 184 g/mol. The molecule has 0 aliphatic heterocycles. The van der Waals surface area contributed by atoms with E-state index in [2.05, 4.69) is 5.10 Å². The van der Waals surface area contributed by atoms with Gasteiger partial charge in [0.1, 0.15) is 5.56 Å². The molecule has 1 saturated carbocycles. The fraction of sp³-hybridized carbons (Fsp3) is 0.556. The maximum Gasteiger partial charge on any atom is 0.339 e. The number of aliphatic hydroxyl groups excluding tert-OH is 1. The van der Waals surface area contributed by atoms with Gasteiger partial charge in [-0.3, -0.25) is 4.68 Å². The summed E-state index contributed by atoms with van der Waals surface area (Å²) >= 11 is 0. The van der Waals surface area contributed by atoms with Crippen molar-refractivity contribution in [1.29, 1.82) is 0 Å². The highest BCUT2D eigenvalue weighted by molar-refractivity contribution is 5.89. The predicted octanol–water partition coefficient (Wildman–Crippen LogP) is 0.451. The van der Waals surface area contributed by atoms with Gasteiger partial charge in [0.2, 0.25) is 0 Å². The van der Waals surface area contributed by atoms with E-state index in [0.29, 0.717) is 12.5 Å². The molecule has 1 aromatic heterocycles. The van der Waals surface area contributed by atoms with Gasteiger partial charge >= 0.3 is 5.97 Å². The topological polar surface area (TPSA) is 75.3 Å². The van der Waals surface area contributed by atoms with Gasteiger partial charge in [-0.2, -0.15) is 5.10 Å². The summed E-state index contributed by atoms with van der Waals surface area (Å²) in [5.41, 5.74) is 1.05. The molecule has 5 nitrogen and oxygen atoms in total. The van der Waals surface area contributed by atoms with Gasteiger partial charge in [-0.25, -0.2) is 4.79 Å². The van der Waals surface area contributed by atoms with Crippen molar-refractivity contribution in [2.24, 2.45) is 0 Å².